The van der Waals surface area contributed by atoms with E-state index in [1.165, 1.54) is 6.21 Å². The van der Waals surface area contributed by atoms with Gasteiger partial charge in [0.15, 0.2) is 5.69 Å². The van der Waals surface area contributed by atoms with Crippen LogP contribution in [0.4, 0.5) is 13.2 Å². The second kappa shape index (κ2) is 7.39. The van der Waals surface area contributed by atoms with Crippen LogP contribution in [-0.2, 0) is 17.5 Å². The van der Waals surface area contributed by atoms with Crippen molar-refractivity contribution < 1.29 is 18.0 Å². The molecule has 5 nitrogen and oxygen atoms in total. The fourth-order valence-electron chi connectivity index (χ4n) is 1.65. The van der Waals surface area contributed by atoms with E-state index in [0.29, 0.717) is 0 Å². The standard InChI is InChI=1S/C15H13F3N4O/c16-15(17,18)13-8-10-22(21-13)11-14(23)20-19-9-4-7-12-5-2-1-3-6-12/h1-10H,11H2,(H,20,23)/b7-4+,19-9-. The summed E-state index contributed by atoms with van der Waals surface area (Å²) in [5.41, 5.74) is 2.13. The minimum absolute atomic E-state index is 0.351. The molecule has 0 radical (unpaired) electrons. The number of rotatable bonds is 5. The third-order valence-electron chi connectivity index (χ3n) is 2.67. The first-order chi connectivity index (χ1) is 10.9. The molecule has 0 aliphatic rings. The molecule has 0 bridgehead atoms. The Balaban J connectivity index is 1.80. The molecule has 1 aromatic carbocycles. The molecule has 120 valence electrons. The highest BCUT2D eigenvalue weighted by Crippen LogP contribution is 2.27. The van der Waals surface area contributed by atoms with Crippen molar-refractivity contribution in [3.8, 4) is 0 Å². The first-order valence-electron chi connectivity index (χ1n) is 6.59. The van der Waals surface area contributed by atoms with Crippen LogP contribution in [0.1, 0.15) is 11.3 Å². The summed E-state index contributed by atoms with van der Waals surface area (Å²) in [6, 6.07) is 10.3. The molecule has 0 spiro atoms. The largest absolute Gasteiger partial charge is 0.435 e. The van der Waals surface area contributed by atoms with E-state index in [4.69, 9.17) is 0 Å². The van der Waals surface area contributed by atoms with E-state index < -0.39 is 17.8 Å². The Hall–Kier alpha value is -2.90. The molecule has 1 heterocycles. The van der Waals surface area contributed by atoms with Crippen LogP contribution in [0.15, 0.2) is 53.8 Å². The van der Waals surface area contributed by atoms with Crippen molar-refractivity contribution >= 4 is 18.2 Å². The first kappa shape index (κ1) is 16.5. The number of hydrogen-bond acceptors (Lipinski definition) is 3. The molecule has 1 amide bonds. The zero-order valence-electron chi connectivity index (χ0n) is 11.9. The molecule has 0 saturated heterocycles. The van der Waals surface area contributed by atoms with E-state index in [1.54, 1.807) is 12.2 Å². The van der Waals surface area contributed by atoms with Crippen LogP contribution in [0.3, 0.4) is 0 Å². The molecule has 0 aliphatic carbocycles. The number of halogens is 3. The van der Waals surface area contributed by atoms with Gasteiger partial charge in [0.2, 0.25) is 0 Å². The zero-order valence-corrected chi connectivity index (χ0v) is 11.9. The molecule has 8 heteroatoms. The Morgan fingerprint density at radius 2 is 2.00 bits per heavy atom. The van der Waals surface area contributed by atoms with Gasteiger partial charge in [0.25, 0.3) is 5.91 Å². The molecule has 0 atom stereocenters. The summed E-state index contributed by atoms with van der Waals surface area (Å²) >= 11 is 0. The molecule has 2 rings (SSSR count). The maximum atomic E-state index is 12.4. The normalized spacial score (nSPS) is 12.1. The summed E-state index contributed by atoms with van der Waals surface area (Å²) in [5, 5.41) is 6.93. The van der Waals surface area contributed by atoms with Crippen molar-refractivity contribution in [2.24, 2.45) is 5.10 Å². The minimum atomic E-state index is -4.53. The lowest BCUT2D eigenvalue weighted by Gasteiger charge is -2.02. The average Bonchev–Trinajstić information content (AvgIpc) is 2.96. The lowest BCUT2D eigenvalue weighted by molar-refractivity contribution is -0.141. The number of nitrogens with one attached hydrogen (secondary N) is 1. The van der Waals surface area contributed by atoms with Gasteiger partial charge in [-0.2, -0.15) is 23.4 Å². The summed E-state index contributed by atoms with van der Waals surface area (Å²) in [6.45, 7) is -0.351. The molecule has 23 heavy (non-hydrogen) atoms. The molecule has 0 saturated carbocycles. The van der Waals surface area contributed by atoms with Gasteiger partial charge in [0.05, 0.1) is 0 Å². The van der Waals surface area contributed by atoms with Crippen molar-refractivity contribution in [2.75, 3.05) is 0 Å². The third kappa shape index (κ3) is 5.42. The number of carbonyl (C=O) groups is 1. The van der Waals surface area contributed by atoms with Crippen LogP contribution in [0.25, 0.3) is 6.08 Å². The van der Waals surface area contributed by atoms with E-state index in [1.807, 2.05) is 30.3 Å². The summed E-state index contributed by atoms with van der Waals surface area (Å²) < 4.78 is 38.0. The van der Waals surface area contributed by atoms with Crippen LogP contribution >= 0.6 is 0 Å². The molecule has 0 fully saturated rings. The first-order valence-corrected chi connectivity index (χ1v) is 6.59. The second-order valence-corrected chi connectivity index (χ2v) is 4.48. The Kier molecular flexibility index (Phi) is 5.29. The second-order valence-electron chi connectivity index (χ2n) is 4.48. The van der Waals surface area contributed by atoms with Gasteiger partial charge >= 0.3 is 6.18 Å². The minimum Gasteiger partial charge on any atom is -0.271 e. The Bertz CT molecular complexity index is 705. The lowest BCUT2D eigenvalue weighted by atomic mass is 10.2. The number of benzene rings is 1. The maximum absolute atomic E-state index is 12.4. The average molecular weight is 322 g/mol. The predicted molar refractivity (Wildman–Crippen MR) is 79.3 cm³/mol. The number of amides is 1. The number of carbonyl (C=O) groups excluding carboxylic acids is 1. The summed E-state index contributed by atoms with van der Waals surface area (Å²) in [5.74, 6) is -0.578. The van der Waals surface area contributed by atoms with Crippen LogP contribution in [0.5, 0.6) is 0 Å². The quantitative estimate of drug-likeness (QED) is 0.680. The number of allylic oxidation sites excluding steroid dienone is 1. The summed E-state index contributed by atoms with van der Waals surface area (Å²) in [4.78, 5) is 11.5. The predicted octanol–water partition coefficient (Wildman–Crippen LogP) is 2.72. The van der Waals surface area contributed by atoms with Gasteiger partial charge in [-0.15, -0.1) is 0 Å². The smallest absolute Gasteiger partial charge is 0.271 e. The monoisotopic (exact) mass is 322 g/mol. The van der Waals surface area contributed by atoms with E-state index in [0.717, 1.165) is 22.5 Å². The Morgan fingerprint density at radius 3 is 2.65 bits per heavy atom. The molecule has 1 aromatic heterocycles. The van der Waals surface area contributed by atoms with Crippen molar-refractivity contribution in [3.63, 3.8) is 0 Å². The van der Waals surface area contributed by atoms with Gasteiger partial charge < -0.3 is 0 Å². The number of aromatic nitrogens is 2. The van der Waals surface area contributed by atoms with E-state index in [9.17, 15) is 18.0 Å². The molecule has 0 unspecified atom stereocenters. The van der Waals surface area contributed by atoms with Gasteiger partial charge in [-0.3, -0.25) is 9.48 Å². The summed E-state index contributed by atoms with van der Waals surface area (Å²) in [6.07, 6.45) is 1.35. The lowest BCUT2D eigenvalue weighted by Crippen LogP contribution is -2.23. The molecule has 2 aromatic rings. The molecule has 1 N–H and O–H groups in total. The number of alkyl halides is 3. The highest BCUT2D eigenvalue weighted by atomic mass is 19.4. The highest BCUT2D eigenvalue weighted by molar-refractivity contribution is 5.81. The summed E-state index contributed by atoms with van der Waals surface area (Å²) in [7, 11) is 0. The fourth-order valence-corrected chi connectivity index (χ4v) is 1.65. The van der Waals surface area contributed by atoms with Crippen LogP contribution in [0, 0.1) is 0 Å². The van der Waals surface area contributed by atoms with Crippen molar-refractivity contribution in [1.29, 1.82) is 0 Å². The van der Waals surface area contributed by atoms with E-state index in [-0.39, 0.29) is 6.54 Å². The number of hydrazone groups is 1. The maximum Gasteiger partial charge on any atom is 0.435 e. The van der Waals surface area contributed by atoms with Gasteiger partial charge in [0, 0.05) is 12.4 Å². The van der Waals surface area contributed by atoms with Crippen LogP contribution < -0.4 is 5.43 Å². The van der Waals surface area contributed by atoms with Crippen LogP contribution in [0.2, 0.25) is 0 Å². The topological polar surface area (TPSA) is 59.3 Å². The number of hydrogen-bond donors (Lipinski definition) is 1. The Labute approximate surface area is 130 Å². The molecular weight excluding hydrogens is 309 g/mol. The van der Waals surface area contributed by atoms with E-state index in [2.05, 4.69) is 15.6 Å². The van der Waals surface area contributed by atoms with Crippen molar-refractivity contribution in [2.45, 2.75) is 12.7 Å². The van der Waals surface area contributed by atoms with Gasteiger partial charge in [0.1, 0.15) is 6.54 Å². The van der Waals surface area contributed by atoms with Crippen molar-refractivity contribution in [1.82, 2.24) is 15.2 Å². The SMILES string of the molecule is O=C(Cn1ccc(C(F)(F)F)n1)N/N=C\C=C\c1ccccc1. The van der Waals surface area contributed by atoms with E-state index >= 15 is 0 Å². The van der Waals surface area contributed by atoms with Crippen molar-refractivity contribution in [3.05, 3.63) is 59.9 Å². The van der Waals surface area contributed by atoms with Gasteiger partial charge in [-0.05, 0) is 17.7 Å². The molecule has 0 aliphatic heterocycles. The fraction of sp³-hybridized carbons (Fsp3) is 0.133. The Morgan fingerprint density at radius 1 is 1.26 bits per heavy atom. The molecular formula is C15H13F3N4O. The number of nitrogens with zero attached hydrogens (tertiary/aromatic N) is 3. The van der Waals surface area contributed by atoms with Gasteiger partial charge in [-0.25, -0.2) is 5.43 Å². The third-order valence-corrected chi connectivity index (χ3v) is 2.67. The van der Waals surface area contributed by atoms with Gasteiger partial charge in [-0.1, -0.05) is 36.4 Å². The zero-order chi connectivity index (χ0) is 16.7. The highest BCUT2D eigenvalue weighted by Gasteiger charge is 2.33. The van der Waals surface area contributed by atoms with Crippen LogP contribution in [-0.4, -0.2) is 21.9 Å².